The summed E-state index contributed by atoms with van der Waals surface area (Å²) in [5, 5.41) is 6.39. The van der Waals surface area contributed by atoms with Gasteiger partial charge in [0, 0.05) is 37.3 Å². The van der Waals surface area contributed by atoms with Crippen molar-refractivity contribution in [1.29, 1.82) is 0 Å². The Hall–Kier alpha value is -0.980. The van der Waals surface area contributed by atoms with Crippen LogP contribution in [0.5, 0.6) is 0 Å². The van der Waals surface area contributed by atoms with Crippen molar-refractivity contribution >= 4 is 17.2 Å². The number of likely N-dealkylation sites (tertiary alicyclic amines) is 2. The molecule has 1 N–H and O–H groups in total. The molecule has 0 spiro atoms. The summed E-state index contributed by atoms with van der Waals surface area (Å²) in [6.45, 7) is 4.00. The van der Waals surface area contributed by atoms with E-state index in [2.05, 4.69) is 27.1 Å². The fourth-order valence-corrected chi connectivity index (χ4v) is 4.60. The highest BCUT2D eigenvalue weighted by Crippen LogP contribution is 2.35. The van der Waals surface area contributed by atoms with Crippen LogP contribution in [-0.4, -0.2) is 59.5 Å². The Morgan fingerprint density at radius 3 is 3.00 bits per heavy atom. The predicted molar refractivity (Wildman–Crippen MR) is 86.6 cm³/mol. The van der Waals surface area contributed by atoms with Gasteiger partial charge in [-0.3, -0.25) is 14.6 Å². The lowest BCUT2D eigenvalue weighted by atomic mass is 10.0. The molecule has 2 aliphatic heterocycles. The van der Waals surface area contributed by atoms with Gasteiger partial charge < -0.3 is 5.32 Å². The van der Waals surface area contributed by atoms with Gasteiger partial charge in [0.2, 0.25) is 5.91 Å². The second-order valence-corrected chi connectivity index (χ2v) is 8.03. The number of nitrogens with one attached hydrogen (secondary N) is 1. The van der Waals surface area contributed by atoms with E-state index in [1.165, 1.54) is 17.8 Å². The Bertz CT molecular complexity index is 530. The summed E-state index contributed by atoms with van der Waals surface area (Å²) in [4.78, 5) is 21.6. The third-order valence-corrected chi connectivity index (χ3v) is 6.19. The molecule has 1 aromatic rings. The zero-order chi connectivity index (χ0) is 15.1. The molecule has 1 saturated carbocycles. The second kappa shape index (κ2) is 5.91. The standard InChI is InChI=1S/C16H24N4OS/c1-19-13(16(21)18-7-11-2-3-11)6-12-8-20(9-14(12)19)10-15-17-4-5-22-15/h4-5,11-14H,2-3,6-10H2,1H3,(H,18,21)/t12-,13-,14+/m1/s1. The van der Waals surface area contributed by atoms with E-state index in [9.17, 15) is 4.79 Å². The Morgan fingerprint density at radius 2 is 2.32 bits per heavy atom. The quantitative estimate of drug-likeness (QED) is 0.885. The van der Waals surface area contributed by atoms with Crippen LogP contribution in [0, 0.1) is 11.8 Å². The summed E-state index contributed by atoms with van der Waals surface area (Å²) in [7, 11) is 2.12. The van der Waals surface area contributed by atoms with Gasteiger partial charge in [-0.25, -0.2) is 4.98 Å². The predicted octanol–water partition coefficient (Wildman–Crippen LogP) is 1.17. The lowest BCUT2D eigenvalue weighted by Gasteiger charge is -2.25. The fraction of sp³-hybridized carbons (Fsp3) is 0.750. The largest absolute Gasteiger partial charge is 0.354 e. The molecular formula is C16H24N4OS. The van der Waals surface area contributed by atoms with Crippen LogP contribution in [0.15, 0.2) is 11.6 Å². The number of likely N-dealkylation sites (N-methyl/N-ethyl adjacent to an activating group) is 1. The molecule has 2 saturated heterocycles. The number of carbonyl (C=O) groups excluding carboxylic acids is 1. The molecule has 1 aliphatic carbocycles. The Kier molecular flexibility index (Phi) is 3.92. The molecule has 4 rings (SSSR count). The van der Waals surface area contributed by atoms with Crippen LogP contribution in [0.4, 0.5) is 0 Å². The van der Waals surface area contributed by atoms with Crippen molar-refractivity contribution in [3.63, 3.8) is 0 Å². The number of hydrogen-bond donors (Lipinski definition) is 1. The van der Waals surface area contributed by atoms with Crippen molar-refractivity contribution in [1.82, 2.24) is 20.1 Å². The van der Waals surface area contributed by atoms with Crippen LogP contribution < -0.4 is 5.32 Å². The van der Waals surface area contributed by atoms with Gasteiger partial charge in [-0.05, 0) is 38.1 Å². The molecule has 0 aromatic carbocycles. The highest BCUT2D eigenvalue weighted by Gasteiger charge is 2.47. The number of fused-ring (bicyclic) bond motifs is 1. The Morgan fingerprint density at radius 1 is 1.45 bits per heavy atom. The molecule has 5 nitrogen and oxygen atoms in total. The van der Waals surface area contributed by atoms with Crippen molar-refractivity contribution in [2.45, 2.75) is 37.9 Å². The molecule has 1 amide bonds. The van der Waals surface area contributed by atoms with Crippen LogP contribution in [0.25, 0.3) is 0 Å². The van der Waals surface area contributed by atoms with E-state index in [0.717, 1.165) is 38.5 Å². The van der Waals surface area contributed by atoms with Crippen LogP contribution in [0.3, 0.4) is 0 Å². The molecule has 3 aliphatic rings. The monoisotopic (exact) mass is 320 g/mol. The molecule has 3 fully saturated rings. The normalized spacial score (nSPS) is 32.3. The Labute approximate surface area is 135 Å². The lowest BCUT2D eigenvalue weighted by molar-refractivity contribution is -0.125. The molecule has 22 heavy (non-hydrogen) atoms. The molecule has 0 radical (unpaired) electrons. The average molecular weight is 320 g/mol. The molecule has 6 heteroatoms. The van der Waals surface area contributed by atoms with Gasteiger partial charge in [0.1, 0.15) is 5.01 Å². The summed E-state index contributed by atoms with van der Waals surface area (Å²) in [5.41, 5.74) is 0. The van der Waals surface area contributed by atoms with E-state index in [0.29, 0.717) is 12.0 Å². The summed E-state index contributed by atoms with van der Waals surface area (Å²) in [6.07, 6.45) is 5.46. The van der Waals surface area contributed by atoms with E-state index < -0.39 is 0 Å². The smallest absolute Gasteiger partial charge is 0.237 e. The molecule has 0 bridgehead atoms. The van der Waals surface area contributed by atoms with Crippen LogP contribution >= 0.6 is 11.3 Å². The van der Waals surface area contributed by atoms with Gasteiger partial charge >= 0.3 is 0 Å². The molecule has 120 valence electrons. The van der Waals surface area contributed by atoms with Crippen molar-refractivity contribution < 1.29 is 4.79 Å². The average Bonchev–Trinajstić information content (AvgIpc) is 2.90. The third kappa shape index (κ3) is 2.92. The number of hydrogen-bond acceptors (Lipinski definition) is 5. The summed E-state index contributed by atoms with van der Waals surface area (Å²) in [6, 6.07) is 0.604. The second-order valence-electron chi connectivity index (χ2n) is 7.05. The Balaban J connectivity index is 1.31. The van der Waals surface area contributed by atoms with E-state index >= 15 is 0 Å². The third-order valence-electron chi connectivity index (χ3n) is 5.43. The number of nitrogens with zero attached hydrogens (tertiary/aromatic N) is 3. The van der Waals surface area contributed by atoms with Gasteiger partial charge in [0.25, 0.3) is 0 Å². The van der Waals surface area contributed by atoms with E-state index in [-0.39, 0.29) is 11.9 Å². The maximum absolute atomic E-state index is 12.4. The highest BCUT2D eigenvalue weighted by atomic mass is 32.1. The maximum atomic E-state index is 12.4. The van der Waals surface area contributed by atoms with Crippen molar-refractivity contribution in [2.75, 3.05) is 26.7 Å². The first kappa shape index (κ1) is 14.6. The molecule has 0 unspecified atom stereocenters. The summed E-state index contributed by atoms with van der Waals surface area (Å²) < 4.78 is 0. The zero-order valence-electron chi connectivity index (χ0n) is 13.1. The van der Waals surface area contributed by atoms with Crippen LogP contribution in [-0.2, 0) is 11.3 Å². The topological polar surface area (TPSA) is 48.5 Å². The highest BCUT2D eigenvalue weighted by molar-refractivity contribution is 7.09. The van der Waals surface area contributed by atoms with Gasteiger partial charge in [-0.15, -0.1) is 11.3 Å². The van der Waals surface area contributed by atoms with Crippen LogP contribution in [0.2, 0.25) is 0 Å². The number of carbonyl (C=O) groups is 1. The van der Waals surface area contributed by atoms with Gasteiger partial charge in [-0.1, -0.05) is 0 Å². The first-order valence-electron chi connectivity index (χ1n) is 8.31. The number of thiazole rings is 1. The molecular weight excluding hydrogens is 296 g/mol. The fourth-order valence-electron chi connectivity index (χ4n) is 3.95. The number of aromatic nitrogens is 1. The van der Waals surface area contributed by atoms with Crippen LogP contribution in [0.1, 0.15) is 24.3 Å². The van der Waals surface area contributed by atoms with Crippen molar-refractivity contribution in [2.24, 2.45) is 11.8 Å². The minimum atomic E-state index is 0.0794. The van der Waals surface area contributed by atoms with E-state index in [4.69, 9.17) is 0 Å². The molecule has 3 heterocycles. The lowest BCUT2D eigenvalue weighted by Crippen LogP contribution is -2.46. The zero-order valence-corrected chi connectivity index (χ0v) is 13.9. The van der Waals surface area contributed by atoms with Crippen molar-refractivity contribution in [3.8, 4) is 0 Å². The van der Waals surface area contributed by atoms with E-state index in [1.54, 1.807) is 11.3 Å². The summed E-state index contributed by atoms with van der Waals surface area (Å²) >= 11 is 1.73. The first-order chi connectivity index (χ1) is 10.7. The minimum absolute atomic E-state index is 0.0794. The summed E-state index contributed by atoms with van der Waals surface area (Å²) in [5.74, 6) is 1.63. The molecule has 1 aromatic heterocycles. The SMILES string of the molecule is CN1[C@@H](C(=O)NCC2CC2)C[C@@H]2CN(Cc3nccs3)C[C@@H]21. The molecule has 3 atom stereocenters. The maximum Gasteiger partial charge on any atom is 0.237 e. The van der Waals surface area contributed by atoms with Gasteiger partial charge in [-0.2, -0.15) is 0 Å². The van der Waals surface area contributed by atoms with E-state index in [1.807, 2.05) is 11.6 Å². The number of amides is 1. The minimum Gasteiger partial charge on any atom is -0.354 e. The van der Waals surface area contributed by atoms with Gasteiger partial charge in [0.15, 0.2) is 0 Å². The first-order valence-corrected chi connectivity index (χ1v) is 9.19. The van der Waals surface area contributed by atoms with Gasteiger partial charge in [0.05, 0.1) is 12.6 Å². The number of rotatable bonds is 5. The van der Waals surface area contributed by atoms with Crippen molar-refractivity contribution in [3.05, 3.63) is 16.6 Å².